The number of nitrogens with zero attached hydrogens (tertiary/aromatic N) is 3. The minimum absolute atomic E-state index is 0.883. The lowest BCUT2D eigenvalue weighted by atomic mass is 9.96. The molecule has 1 N–H and O–H groups in total. The molecule has 2 heterocycles. The maximum absolute atomic E-state index is 5.52. The molecule has 0 aliphatic rings. The molecule has 0 spiro atoms. The summed E-state index contributed by atoms with van der Waals surface area (Å²) in [5, 5.41) is 8.61. The number of aromatic nitrogens is 2. The summed E-state index contributed by atoms with van der Waals surface area (Å²) in [5.41, 5.74) is 5.06. The van der Waals surface area contributed by atoms with Crippen molar-refractivity contribution in [1.82, 2.24) is 14.5 Å². The fourth-order valence-electron chi connectivity index (χ4n) is 4.78. The van der Waals surface area contributed by atoms with Gasteiger partial charge in [-0.1, -0.05) is 13.8 Å². The van der Waals surface area contributed by atoms with Crippen LogP contribution in [-0.4, -0.2) is 47.7 Å². The number of hydrogen-bond acceptors (Lipinski definition) is 4. The van der Waals surface area contributed by atoms with Crippen LogP contribution in [0.2, 0.25) is 0 Å². The van der Waals surface area contributed by atoms with Crippen molar-refractivity contribution in [2.24, 2.45) is 7.05 Å². The van der Waals surface area contributed by atoms with E-state index < -0.39 is 0 Å². The Morgan fingerprint density at radius 3 is 2.50 bits per heavy atom. The number of aryl methyl sites for hydroxylation is 3. The van der Waals surface area contributed by atoms with E-state index in [9.17, 15) is 0 Å². The number of anilines is 1. The van der Waals surface area contributed by atoms with E-state index in [2.05, 4.69) is 67.7 Å². The van der Waals surface area contributed by atoms with E-state index in [-0.39, 0.29) is 0 Å². The van der Waals surface area contributed by atoms with Gasteiger partial charge in [0, 0.05) is 48.0 Å². The molecule has 0 saturated heterocycles. The van der Waals surface area contributed by atoms with Gasteiger partial charge >= 0.3 is 0 Å². The van der Waals surface area contributed by atoms with Crippen molar-refractivity contribution >= 4 is 38.4 Å². The van der Waals surface area contributed by atoms with Gasteiger partial charge in [0.2, 0.25) is 0 Å². The second-order valence-electron chi connectivity index (χ2n) is 7.95. The van der Waals surface area contributed by atoms with Crippen molar-refractivity contribution < 1.29 is 4.74 Å². The first kappa shape index (κ1) is 20.5. The highest BCUT2D eigenvalue weighted by molar-refractivity contribution is 6.18. The summed E-state index contributed by atoms with van der Waals surface area (Å²) in [6.07, 6.45) is 1.92. The topological polar surface area (TPSA) is 42.3 Å². The molecule has 158 valence electrons. The zero-order valence-corrected chi connectivity index (χ0v) is 19.0. The van der Waals surface area contributed by atoms with Gasteiger partial charge in [-0.05, 0) is 67.7 Å². The van der Waals surface area contributed by atoms with Crippen LogP contribution >= 0.6 is 0 Å². The van der Waals surface area contributed by atoms with Gasteiger partial charge in [-0.15, -0.1) is 0 Å². The van der Waals surface area contributed by atoms with Crippen molar-refractivity contribution in [3.63, 3.8) is 0 Å². The molecule has 0 bridgehead atoms. The molecule has 30 heavy (non-hydrogen) atoms. The lowest BCUT2D eigenvalue weighted by Crippen LogP contribution is -2.28. The van der Waals surface area contributed by atoms with E-state index in [0.29, 0.717) is 0 Å². The van der Waals surface area contributed by atoms with Crippen LogP contribution in [0.25, 0.3) is 32.6 Å². The SMILES string of the molecule is CCN(CC)CCNc1nccc2c(C)c3c(c(C)c12)c1cc(OC)ccc1n3C. The molecule has 0 unspecified atom stereocenters. The Morgan fingerprint density at radius 2 is 1.80 bits per heavy atom. The summed E-state index contributed by atoms with van der Waals surface area (Å²) in [7, 11) is 3.88. The fourth-order valence-corrected chi connectivity index (χ4v) is 4.78. The van der Waals surface area contributed by atoms with Gasteiger partial charge in [0.15, 0.2) is 0 Å². The number of rotatable bonds is 7. The van der Waals surface area contributed by atoms with Crippen molar-refractivity contribution in [3.8, 4) is 5.75 Å². The van der Waals surface area contributed by atoms with E-state index in [1.54, 1.807) is 7.11 Å². The van der Waals surface area contributed by atoms with Gasteiger partial charge in [0.1, 0.15) is 11.6 Å². The van der Waals surface area contributed by atoms with E-state index in [1.807, 2.05) is 12.3 Å². The number of fused-ring (bicyclic) bond motifs is 4. The van der Waals surface area contributed by atoms with Gasteiger partial charge in [0.25, 0.3) is 0 Å². The highest BCUT2D eigenvalue weighted by Crippen LogP contribution is 2.40. The molecule has 4 aromatic rings. The van der Waals surface area contributed by atoms with Crippen LogP contribution in [0.4, 0.5) is 5.82 Å². The van der Waals surface area contributed by atoms with E-state index in [1.165, 1.54) is 43.7 Å². The van der Waals surface area contributed by atoms with Crippen LogP contribution in [0.1, 0.15) is 25.0 Å². The van der Waals surface area contributed by atoms with Crippen molar-refractivity contribution in [2.75, 3.05) is 38.6 Å². The first-order valence-electron chi connectivity index (χ1n) is 10.8. The molecule has 0 fully saturated rings. The number of methoxy groups -OCH3 is 1. The van der Waals surface area contributed by atoms with Gasteiger partial charge in [0.05, 0.1) is 12.6 Å². The Labute approximate surface area is 178 Å². The highest BCUT2D eigenvalue weighted by atomic mass is 16.5. The largest absolute Gasteiger partial charge is 0.497 e. The van der Waals surface area contributed by atoms with Gasteiger partial charge in [-0.3, -0.25) is 0 Å². The van der Waals surface area contributed by atoms with Crippen LogP contribution in [0.3, 0.4) is 0 Å². The molecule has 2 aromatic carbocycles. The Hall–Kier alpha value is -2.79. The lowest BCUT2D eigenvalue weighted by molar-refractivity contribution is 0.316. The fraction of sp³-hybridized carbons (Fsp3) is 0.400. The second-order valence-corrected chi connectivity index (χ2v) is 7.95. The lowest BCUT2D eigenvalue weighted by Gasteiger charge is -2.19. The summed E-state index contributed by atoms with van der Waals surface area (Å²) >= 11 is 0. The van der Waals surface area contributed by atoms with Gasteiger partial charge in [-0.2, -0.15) is 0 Å². The molecule has 0 radical (unpaired) electrons. The van der Waals surface area contributed by atoms with Crippen molar-refractivity contribution in [1.29, 1.82) is 0 Å². The molecule has 0 aliphatic carbocycles. The molecular weight excluding hydrogens is 372 g/mol. The van der Waals surface area contributed by atoms with E-state index in [0.717, 1.165) is 37.7 Å². The highest BCUT2D eigenvalue weighted by Gasteiger charge is 2.19. The number of likely N-dealkylation sites (N-methyl/N-ethyl adjacent to an activating group) is 1. The normalized spacial score (nSPS) is 11.8. The number of ether oxygens (including phenoxy) is 1. The number of nitrogens with one attached hydrogen (secondary N) is 1. The molecule has 0 amide bonds. The van der Waals surface area contributed by atoms with Crippen LogP contribution in [0.5, 0.6) is 5.75 Å². The first-order chi connectivity index (χ1) is 14.5. The zero-order chi connectivity index (χ0) is 21.4. The molecule has 5 nitrogen and oxygen atoms in total. The average Bonchev–Trinajstić information content (AvgIpc) is 3.07. The molecule has 5 heteroatoms. The second kappa shape index (κ2) is 8.15. The molecule has 0 atom stereocenters. The minimum Gasteiger partial charge on any atom is -0.497 e. The quantitative estimate of drug-likeness (QED) is 0.456. The molecule has 2 aromatic heterocycles. The smallest absolute Gasteiger partial charge is 0.134 e. The monoisotopic (exact) mass is 404 g/mol. The Morgan fingerprint density at radius 1 is 1.03 bits per heavy atom. The van der Waals surface area contributed by atoms with Gasteiger partial charge in [-0.25, -0.2) is 4.98 Å². The Bertz CT molecular complexity index is 1220. The predicted molar refractivity (Wildman–Crippen MR) is 128 cm³/mol. The third-order valence-electron chi connectivity index (χ3n) is 6.48. The Kier molecular flexibility index (Phi) is 5.56. The molecule has 0 aliphatic heterocycles. The summed E-state index contributed by atoms with van der Waals surface area (Å²) < 4.78 is 7.83. The minimum atomic E-state index is 0.883. The molecule has 0 saturated carbocycles. The van der Waals surface area contributed by atoms with Crippen molar-refractivity contribution in [2.45, 2.75) is 27.7 Å². The predicted octanol–water partition coefficient (Wildman–Crippen LogP) is 5.26. The summed E-state index contributed by atoms with van der Waals surface area (Å²) in [5.74, 6) is 1.86. The van der Waals surface area contributed by atoms with E-state index >= 15 is 0 Å². The third kappa shape index (κ3) is 3.18. The van der Waals surface area contributed by atoms with Gasteiger partial charge < -0.3 is 19.5 Å². The summed E-state index contributed by atoms with van der Waals surface area (Å²) in [6.45, 7) is 12.9. The number of hydrogen-bond donors (Lipinski definition) is 1. The van der Waals surface area contributed by atoms with Crippen molar-refractivity contribution in [3.05, 3.63) is 41.6 Å². The zero-order valence-electron chi connectivity index (χ0n) is 19.0. The first-order valence-corrected chi connectivity index (χ1v) is 10.8. The van der Waals surface area contributed by atoms with E-state index in [4.69, 9.17) is 9.72 Å². The number of benzene rings is 2. The Balaban J connectivity index is 1.93. The molecule has 4 rings (SSSR count). The third-order valence-corrected chi connectivity index (χ3v) is 6.48. The summed E-state index contributed by atoms with van der Waals surface area (Å²) in [6, 6.07) is 8.48. The maximum atomic E-state index is 5.52. The van der Waals surface area contributed by atoms with Crippen LogP contribution in [0.15, 0.2) is 30.5 Å². The van der Waals surface area contributed by atoms with Crippen LogP contribution in [-0.2, 0) is 7.05 Å². The summed E-state index contributed by atoms with van der Waals surface area (Å²) in [4.78, 5) is 7.15. The standard InChI is InChI=1S/C25H32N4O/c1-7-29(8-2)14-13-27-25-23-17(4)22-20-15-18(30-6)9-10-21(20)28(5)24(22)16(3)19(23)11-12-26-25/h9-12,15H,7-8,13-14H2,1-6H3,(H,26,27). The van der Waals surface area contributed by atoms with Crippen LogP contribution in [0, 0.1) is 13.8 Å². The average molecular weight is 405 g/mol. The molecular formula is C25H32N4O. The van der Waals surface area contributed by atoms with Crippen LogP contribution < -0.4 is 10.1 Å². The number of pyridine rings is 1. The maximum Gasteiger partial charge on any atom is 0.134 e.